The highest BCUT2D eigenvalue weighted by Gasteiger charge is 2.27. The first-order chi connectivity index (χ1) is 16.9. The molecule has 1 N–H and O–H groups in total. The van der Waals surface area contributed by atoms with Crippen molar-refractivity contribution < 1.29 is 13.9 Å². The second kappa shape index (κ2) is 10.8. The number of aromatic nitrogens is 2. The predicted molar refractivity (Wildman–Crippen MR) is 137 cm³/mol. The van der Waals surface area contributed by atoms with Crippen LogP contribution in [0.2, 0.25) is 0 Å². The molecule has 1 aromatic heterocycles. The van der Waals surface area contributed by atoms with Crippen LogP contribution < -0.4 is 10.9 Å². The lowest BCUT2D eigenvalue weighted by Gasteiger charge is -2.30. The number of halogens is 2. The lowest BCUT2D eigenvalue weighted by atomic mass is 10.2. The van der Waals surface area contributed by atoms with Crippen molar-refractivity contribution in [2.24, 2.45) is 0 Å². The molecule has 3 aromatic carbocycles. The minimum absolute atomic E-state index is 0.224. The number of carbonyl (C=O) groups excluding carboxylic acids is 1. The molecule has 0 bridgehead atoms. The molecule has 0 radical (unpaired) electrons. The molecule has 0 saturated heterocycles. The molecular weight excluding hydrogens is 515 g/mol. The zero-order valence-corrected chi connectivity index (χ0v) is 20.8. The van der Waals surface area contributed by atoms with Crippen LogP contribution in [0.1, 0.15) is 18.8 Å². The van der Waals surface area contributed by atoms with Gasteiger partial charge in [-0.2, -0.15) is 0 Å². The Morgan fingerprint density at radius 3 is 2.60 bits per heavy atom. The summed E-state index contributed by atoms with van der Waals surface area (Å²) in [6, 6.07) is 19.0. The summed E-state index contributed by atoms with van der Waals surface area (Å²) in [6.07, 6.45) is 0. The van der Waals surface area contributed by atoms with Gasteiger partial charge < -0.3 is 15.0 Å². The number of nitrogens with one attached hydrogen (secondary N) is 1. The molecule has 180 valence electrons. The van der Waals surface area contributed by atoms with Gasteiger partial charge in [0.15, 0.2) is 0 Å². The van der Waals surface area contributed by atoms with Crippen LogP contribution in [0.15, 0.2) is 82.1 Å². The summed E-state index contributed by atoms with van der Waals surface area (Å²) in [5.74, 6) is -0.0684. The summed E-state index contributed by atoms with van der Waals surface area (Å²) in [4.78, 5) is 33.2. The van der Waals surface area contributed by atoms with Gasteiger partial charge >= 0.3 is 6.03 Å². The van der Waals surface area contributed by atoms with Crippen LogP contribution in [0.3, 0.4) is 0 Å². The molecule has 0 aliphatic rings. The van der Waals surface area contributed by atoms with E-state index in [9.17, 15) is 14.0 Å². The molecule has 1 unspecified atom stereocenters. The molecule has 0 spiro atoms. The number of ether oxygens (including phenoxy) is 1. The van der Waals surface area contributed by atoms with Crippen LogP contribution in [0.25, 0.3) is 16.6 Å². The molecule has 0 aliphatic heterocycles. The first-order valence-electron chi connectivity index (χ1n) is 11.0. The minimum atomic E-state index is -0.625. The summed E-state index contributed by atoms with van der Waals surface area (Å²) in [5.41, 5.74) is 1.24. The molecule has 9 heteroatoms. The number of carbonyl (C=O) groups is 1. The third-order valence-corrected chi connectivity index (χ3v) is 6.13. The maximum absolute atomic E-state index is 13.7. The topological polar surface area (TPSA) is 76.5 Å². The number of hydrogen-bond donors (Lipinski definition) is 1. The van der Waals surface area contributed by atoms with Gasteiger partial charge in [0.25, 0.3) is 5.56 Å². The zero-order valence-electron chi connectivity index (χ0n) is 19.2. The van der Waals surface area contributed by atoms with Gasteiger partial charge in [-0.05, 0) is 61.5 Å². The molecular formula is C26H24BrFN4O3. The second-order valence-electron chi connectivity index (χ2n) is 7.91. The van der Waals surface area contributed by atoms with Gasteiger partial charge in [0.05, 0.1) is 29.2 Å². The third kappa shape index (κ3) is 5.41. The van der Waals surface area contributed by atoms with Crippen molar-refractivity contribution in [3.05, 3.63) is 99.3 Å². The predicted octanol–water partition coefficient (Wildman–Crippen LogP) is 5.53. The van der Waals surface area contributed by atoms with E-state index in [0.717, 1.165) is 4.47 Å². The maximum Gasteiger partial charge on any atom is 0.322 e. The Labute approximate surface area is 210 Å². The summed E-state index contributed by atoms with van der Waals surface area (Å²) >= 11 is 3.43. The molecule has 4 aromatic rings. The number of para-hydroxylation sites is 1. The fraction of sp³-hybridized carbons (Fsp3) is 0.192. The van der Waals surface area contributed by atoms with Gasteiger partial charge in [-0.25, -0.2) is 14.2 Å². The van der Waals surface area contributed by atoms with Crippen LogP contribution in [-0.4, -0.2) is 40.7 Å². The summed E-state index contributed by atoms with van der Waals surface area (Å²) in [7, 11) is 1.54. The highest BCUT2D eigenvalue weighted by Crippen LogP contribution is 2.24. The van der Waals surface area contributed by atoms with Crippen molar-refractivity contribution in [1.29, 1.82) is 0 Å². The van der Waals surface area contributed by atoms with Crippen LogP contribution in [0, 0.1) is 5.82 Å². The highest BCUT2D eigenvalue weighted by atomic mass is 79.9. The van der Waals surface area contributed by atoms with Crippen LogP contribution in [0.5, 0.6) is 0 Å². The molecule has 2 amide bonds. The van der Waals surface area contributed by atoms with Gasteiger partial charge in [0.1, 0.15) is 11.6 Å². The van der Waals surface area contributed by atoms with Crippen molar-refractivity contribution in [2.75, 3.05) is 25.6 Å². The molecule has 0 aliphatic carbocycles. The van der Waals surface area contributed by atoms with E-state index in [0.29, 0.717) is 28.1 Å². The van der Waals surface area contributed by atoms with E-state index in [2.05, 4.69) is 21.2 Å². The summed E-state index contributed by atoms with van der Waals surface area (Å²) in [5, 5.41) is 3.20. The number of urea groups is 1. The normalized spacial score (nSPS) is 11.9. The quantitative estimate of drug-likeness (QED) is 0.335. The monoisotopic (exact) mass is 538 g/mol. The van der Waals surface area contributed by atoms with Crippen molar-refractivity contribution in [3.8, 4) is 5.69 Å². The average Bonchev–Trinajstić information content (AvgIpc) is 2.85. The van der Waals surface area contributed by atoms with Crippen molar-refractivity contribution >= 4 is 38.6 Å². The molecule has 35 heavy (non-hydrogen) atoms. The largest absolute Gasteiger partial charge is 0.383 e. The summed E-state index contributed by atoms with van der Waals surface area (Å²) in [6.45, 7) is 2.28. The number of rotatable bonds is 7. The van der Waals surface area contributed by atoms with Crippen molar-refractivity contribution in [1.82, 2.24) is 14.5 Å². The first kappa shape index (κ1) is 24.6. The van der Waals surface area contributed by atoms with E-state index >= 15 is 0 Å². The van der Waals surface area contributed by atoms with Gasteiger partial charge in [-0.3, -0.25) is 9.36 Å². The van der Waals surface area contributed by atoms with Crippen LogP contribution in [-0.2, 0) is 4.74 Å². The number of nitrogens with zero attached hydrogens (tertiary/aromatic N) is 3. The van der Waals surface area contributed by atoms with Gasteiger partial charge in [0, 0.05) is 23.8 Å². The number of anilines is 1. The van der Waals surface area contributed by atoms with E-state index < -0.39 is 17.9 Å². The number of benzene rings is 3. The van der Waals surface area contributed by atoms with Gasteiger partial charge in [-0.15, -0.1) is 0 Å². The number of fused-ring (bicyclic) bond motifs is 1. The SMILES string of the molecule is COCCN(C(=O)Nc1cccc(F)c1)C(C)c1nc2ccccc2c(=O)n1-c1ccc(Br)cc1. The zero-order chi connectivity index (χ0) is 24.9. The molecule has 0 fully saturated rings. The molecule has 0 saturated carbocycles. The number of amides is 2. The molecule has 1 heterocycles. The highest BCUT2D eigenvalue weighted by molar-refractivity contribution is 9.10. The van der Waals surface area contributed by atoms with Crippen molar-refractivity contribution in [2.45, 2.75) is 13.0 Å². The third-order valence-electron chi connectivity index (χ3n) is 5.60. The Hall–Kier alpha value is -3.56. The number of methoxy groups -OCH3 is 1. The Morgan fingerprint density at radius 1 is 1.14 bits per heavy atom. The van der Waals surface area contributed by atoms with E-state index in [4.69, 9.17) is 9.72 Å². The van der Waals surface area contributed by atoms with Gasteiger partial charge in [-0.1, -0.05) is 34.1 Å². The Kier molecular flexibility index (Phi) is 7.57. The van der Waals surface area contributed by atoms with Gasteiger partial charge in [0.2, 0.25) is 0 Å². The van der Waals surface area contributed by atoms with E-state index in [-0.39, 0.29) is 18.7 Å². The Morgan fingerprint density at radius 2 is 1.89 bits per heavy atom. The Balaban J connectivity index is 1.82. The Bertz CT molecular complexity index is 1410. The molecule has 1 atom stereocenters. The standard InChI is InChI=1S/C26H24BrFN4O3/c1-17(31(14-15-35-2)26(34)29-20-7-5-6-19(28)16-20)24-30-23-9-4-3-8-22(23)25(33)32(24)21-12-10-18(27)11-13-21/h3-13,16-17H,14-15H2,1-2H3,(H,29,34). The lowest BCUT2D eigenvalue weighted by molar-refractivity contribution is 0.137. The van der Waals surface area contributed by atoms with Crippen LogP contribution >= 0.6 is 15.9 Å². The first-order valence-corrected chi connectivity index (χ1v) is 11.8. The average molecular weight is 539 g/mol. The second-order valence-corrected chi connectivity index (χ2v) is 8.82. The van der Waals surface area contributed by atoms with E-state index in [1.165, 1.54) is 27.7 Å². The minimum Gasteiger partial charge on any atom is -0.383 e. The van der Waals surface area contributed by atoms with E-state index in [1.54, 1.807) is 38.3 Å². The molecule has 7 nitrogen and oxygen atoms in total. The number of hydrogen-bond acceptors (Lipinski definition) is 4. The lowest BCUT2D eigenvalue weighted by Crippen LogP contribution is -2.41. The maximum atomic E-state index is 13.7. The fourth-order valence-electron chi connectivity index (χ4n) is 3.83. The molecule has 4 rings (SSSR count). The summed E-state index contributed by atoms with van der Waals surface area (Å²) < 4.78 is 21.3. The van der Waals surface area contributed by atoms with Crippen molar-refractivity contribution in [3.63, 3.8) is 0 Å². The van der Waals surface area contributed by atoms with Crippen LogP contribution in [0.4, 0.5) is 14.9 Å². The fourth-order valence-corrected chi connectivity index (χ4v) is 4.10. The van der Waals surface area contributed by atoms with E-state index in [1.807, 2.05) is 30.3 Å². The smallest absolute Gasteiger partial charge is 0.322 e.